The molecule has 1 aliphatic heterocycles. The number of esters is 1. The van der Waals surface area contributed by atoms with Gasteiger partial charge in [-0.15, -0.1) is 12.4 Å². The van der Waals surface area contributed by atoms with E-state index in [2.05, 4.69) is 15.3 Å². The summed E-state index contributed by atoms with van der Waals surface area (Å²) in [6.45, 7) is 2.24. The Bertz CT molecular complexity index is 341. The van der Waals surface area contributed by atoms with Gasteiger partial charge in [0.05, 0.1) is 19.8 Å². The van der Waals surface area contributed by atoms with Crippen LogP contribution in [0.3, 0.4) is 0 Å². The van der Waals surface area contributed by atoms with Crippen LogP contribution in [0.5, 0.6) is 0 Å². The van der Waals surface area contributed by atoms with Crippen molar-refractivity contribution in [3.8, 4) is 0 Å². The van der Waals surface area contributed by atoms with E-state index in [1.54, 1.807) is 6.92 Å². The maximum atomic E-state index is 14.2. The lowest BCUT2D eigenvalue weighted by Crippen LogP contribution is -2.32. The number of azide groups is 1. The topological polar surface area (TPSA) is 96.3 Å². The van der Waals surface area contributed by atoms with Gasteiger partial charge in [0.2, 0.25) is 0 Å². The van der Waals surface area contributed by atoms with Crippen LogP contribution in [0.15, 0.2) is 5.11 Å². The lowest BCUT2D eigenvalue weighted by molar-refractivity contribution is -0.145. The van der Waals surface area contributed by atoms with Gasteiger partial charge in [0.25, 0.3) is 0 Å². The molecular formula is C10H18ClFN4O3. The average Bonchev–Trinajstić information content (AvgIpc) is 2.72. The van der Waals surface area contributed by atoms with Crippen molar-refractivity contribution < 1.29 is 18.7 Å². The van der Waals surface area contributed by atoms with Gasteiger partial charge in [-0.25, -0.2) is 4.39 Å². The standard InChI is InChI=1S/C10H17FN4O3.ClH/c1-2-18-9(16)8-5-10(11,6-13-8)7-17-4-3-14-15-12;/h8,13H,2-7H2,1H3;1H/t8-,10+;/m0./s1. The summed E-state index contributed by atoms with van der Waals surface area (Å²) in [4.78, 5) is 14.0. The van der Waals surface area contributed by atoms with Crippen molar-refractivity contribution in [3.05, 3.63) is 10.4 Å². The molecule has 1 fully saturated rings. The van der Waals surface area contributed by atoms with Crippen LogP contribution in [0, 0.1) is 0 Å². The van der Waals surface area contributed by atoms with E-state index < -0.39 is 17.7 Å². The minimum atomic E-state index is -1.58. The van der Waals surface area contributed by atoms with Crippen LogP contribution in [0.1, 0.15) is 13.3 Å². The summed E-state index contributed by atoms with van der Waals surface area (Å²) in [6.07, 6.45) is 0.0351. The molecule has 1 heterocycles. The Morgan fingerprint density at radius 1 is 1.68 bits per heavy atom. The Morgan fingerprint density at radius 3 is 3.05 bits per heavy atom. The molecule has 110 valence electrons. The molecule has 7 nitrogen and oxygen atoms in total. The largest absolute Gasteiger partial charge is 0.465 e. The van der Waals surface area contributed by atoms with Crippen LogP contribution in [0.2, 0.25) is 0 Å². The molecule has 1 aliphatic rings. The Morgan fingerprint density at radius 2 is 2.42 bits per heavy atom. The number of halogens is 2. The lowest BCUT2D eigenvalue weighted by atomic mass is 10.0. The van der Waals surface area contributed by atoms with E-state index in [0.29, 0.717) is 0 Å². The first-order valence-corrected chi connectivity index (χ1v) is 5.79. The number of carbonyl (C=O) groups is 1. The molecule has 1 rings (SSSR count). The second kappa shape index (κ2) is 8.92. The fourth-order valence-corrected chi connectivity index (χ4v) is 1.74. The molecule has 0 radical (unpaired) electrons. The highest BCUT2D eigenvalue weighted by molar-refractivity contribution is 5.85. The SMILES string of the molecule is CCOC(=O)[C@@H]1C[C@](F)(COCCN=[N+]=[N-])CN1.Cl. The maximum absolute atomic E-state index is 14.2. The summed E-state index contributed by atoms with van der Waals surface area (Å²) in [5.74, 6) is -0.439. The monoisotopic (exact) mass is 296 g/mol. The number of alkyl halides is 1. The third-order valence-electron chi connectivity index (χ3n) is 2.57. The van der Waals surface area contributed by atoms with Crippen molar-refractivity contribution >= 4 is 18.4 Å². The number of hydrogen-bond donors (Lipinski definition) is 1. The third-order valence-corrected chi connectivity index (χ3v) is 2.57. The van der Waals surface area contributed by atoms with Crippen LogP contribution in [0.4, 0.5) is 4.39 Å². The molecule has 0 aromatic carbocycles. The van der Waals surface area contributed by atoms with Gasteiger partial charge in [-0.1, -0.05) is 5.11 Å². The van der Waals surface area contributed by atoms with Crippen molar-refractivity contribution in [3.63, 3.8) is 0 Å². The van der Waals surface area contributed by atoms with E-state index in [1.165, 1.54) is 0 Å². The highest BCUT2D eigenvalue weighted by Crippen LogP contribution is 2.25. The van der Waals surface area contributed by atoms with Gasteiger partial charge in [0, 0.05) is 24.4 Å². The summed E-state index contributed by atoms with van der Waals surface area (Å²) < 4.78 is 24.1. The fourth-order valence-electron chi connectivity index (χ4n) is 1.74. The maximum Gasteiger partial charge on any atom is 0.323 e. The normalized spacial score (nSPS) is 25.3. The Balaban J connectivity index is 0.00000324. The summed E-state index contributed by atoms with van der Waals surface area (Å²) >= 11 is 0. The van der Waals surface area contributed by atoms with Crippen molar-refractivity contribution in [2.24, 2.45) is 5.11 Å². The highest BCUT2D eigenvalue weighted by atomic mass is 35.5. The minimum Gasteiger partial charge on any atom is -0.465 e. The van der Waals surface area contributed by atoms with Crippen LogP contribution < -0.4 is 5.32 Å². The molecule has 2 atom stereocenters. The summed E-state index contributed by atoms with van der Waals surface area (Å²) in [5.41, 5.74) is 6.47. The van der Waals surface area contributed by atoms with E-state index in [9.17, 15) is 9.18 Å². The quantitative estimate of drug-likeness (QED) is 0.252. The second-order valence-electron chi connectivity index (χ2n) is 4.05. The van der Waals surface area contributed by atoms with Crippen molar-refractivity contribution in [1.82, 2.24) is 5.32 Å². The number of hydrogen-bond acceptors (Lipinski definition) is 5. The fraction of sp³-hybridized carbons (Fsp3) is 0.900. The summed E-state index contributed by atoms with van der Waals surface area (Å²) in [6, 6.07) is -0.615. The number of nitrogens with zero attached hydrogens (tertiary/aromatic N) is 3. The Kier molecular flexibility index (Phi) is 8.42. The third kappa shape index (κ3) is 6.07. The average molecular weight is 297 g/mol. The van der Waals surface area contributed by atoms with Crippen molar-refractivity contribution in [2.45, 2.75) is 25.1 Å². The van der Waals surface area contributed by atoms with Gasteiger partial charge in [0.1, 0.15) is 11.7 Å². The zero-order valence-electron chi connectivity index (χ0n) is 10.7. The lowest BCUT2D eigenvalue weighted by Gasteiger charge is -2.18. The van der Waals surface area contributed by atoms with E-state index >= 15 is 0 Å². The van der Waals surface area contributed by atoms with Gasteiger partial charge < -0.3 is 14.8 Å². The second-order valence-corrected chi connectivity index (χ2v) is 4.05. The van der Waals surface area contributed by atoms with Gasteiger partial charge in [-0.2, -0.15) is 0 Å². The Hall–Kier alpha value is -1.08. The van der Waals surface area contributed by atoms with Crippen LogP contribution in [-0.2, 0) is 14.3 Å². The zero-order chi connectivity index (χ0) is 13.4. The molecule has 0 unspecified atom stereocenters. The molecule has 9 heteroatoms. The highest BCUT2D eigenvalue weighted by Gasteiger charge is 2.43. The number of nitrogens with one attached hydrogen (secondary N) is 1. The minimum absolute atomic E-state index is 0. The van der Waals surface area contributed by atoms with Crippen molar-refractivity contribution in [2.75, 3.05) is 32.9 Å². The van der Waals surface area contributed by atoms with E-state index in [4.69, 9.17) is 15.0 Å². The first-order chi connectivity index (χ1) is 8.61. The van der Waals surface area contributed by atoms with Crippen LogP contribution in [-0.4, -0.2) is 50.6 Å². The van der Waals surface area contributed by atoms with E-state index in [0.717, 1.165) is 0 Å². The molecule has 1 saturated heterocycles. The molecule has 0 aromatic heterocycles. The molecular weight excluding hydrogens is 279 g/mol. The molecule has 0 aliphatic carbocycles. The number of rotatable bonds is 7. The Labute approximate surface area is 116 Å². The van der Waals surface area contributed by atoms with Gasteiger partial charge in [-0.05, 0) is 12.5 Å². The van der Waals surface area contributed by atoms with E-state index in [1.807, 2.05) is 0 Å². The van der Waals surface area contributed by atoms with Crippen LogP contribution in [0.25, 0.3) is 10.4 Å². The summed E-state index contributed by atoms with van der Waals surface area (Å²) in [5, 5.41) is 6.04. The van der Waals surface area contributed by atoms with Crippen molar-refractivity contribution in [1.29, 1.82) is 0 Å². The molecule has 0 bridgehead atoms. The van der Waals surface area contributed by atoms with Gasteiger partial charge >= 0.3 is 5.97 Å². The molecule has 1 N–H and O–H groups in total. The van der Waals surface area contributed by atoms with E-state index in [-0.39, 0.29) is 51.7 Å². The predicted molar refractivity (Wildman–Crippen MR) is 69.0 cm³/mol. The molecule has 0 aromatic rings. The first kappa shape index (κ1) is 17.9. The number of ether oxygens (including phenoxy) is 2. The first-order valence-electron chi connectivity index (χ1n) is 5.79. The van der Waals surface area contributed by atoms with Gasteiger partial charge in [-0.3, -0.25) is 4.79 Å². The molecule has 0 spiro atoms. The van der Waals surface area contributed by atoms with Crippen LogP contribution >= 0.6 is 12.4 Å². The molecule has 19 heavy (non-hydrogen) atoms. The van der Waals surface area contributed by atoms with Gasteiger partial charge in [0.15, 0.2) is 0 Å². The molecule has 0 saturated carbocycles. The molecule has 0 amide bonds. The summed E-state index contributed by atoms with van der Waals surface area (Å²) in [7, 11) is 0. The number of carbonyl (C=O) groups excluding carboxylic acids is 1. The zero-order valence-corrected chi connectivity index (χ0v) is 11.5. The predicted octanol–water partition coefficient (Wildman–Crippen LogP) is 1.37. The smallest absolute Gasteiger partial charge is 0.323 e.